The fraction of sp³-hybridized carbons (Fsp3) is 0.536. The lowest BCUT2D eigenvalue weighted by Gasteiger charge is -2.65. The van der Waals surface area contributed by atoms with Crippen molar-refractivity contribution in [2.45, 2.75) is 68.6 Å². The first-order valence-corrected chi connectivity index (χ1v) is 12.5. The number of benzene rings is 2. The minimum Gasteiger partial charge on any atom is -0.504 e. The van der Waals surface area contributed by atoms with Gasteiger partial charge in [-0.15, -0.1) is 0 Å². The number of hydrogen-bond donors (Lipinski definition) is 1. The van der Waals surface area contributed by atoms with Gasteiger partial charge in [0.25, 0.3) is 0 Å². The number of piperidine rings is 1. The maximum absolute atomic E-state index is 13.3. The molecule has 0 radical (unpaired) electrons. The number of ketones is 1. The second kappa shape index (κ2) is 7.31. The first-order valence-electron chi connectivity index (χ1n) is 12.5. The normalized spacial score (nSPS) is 35.8. The lowest BCUT2D eigenvalue weighted by atomic mass is 9.48. The number of phenolic OH excluding ortho intramolecular Hbond substituents is 1. The number of Topliss-reactive ketones (excluding diaryl/α,β-unsaturated/α-hetero) is 1. The Kier molecular flexibility index (Phi) is 4.69. The number of aromatic hydroxyl groups is 1. The summed E-state index contributed by atoms with van der Waals surface area (Å²) in [5.41, 5.74) is 2.69. The van der Waals surface area contributed by atoms with Crippen LogP contribution < -0.4 is 4.74 Å². The minimum atomic E-state index is -0.546. The van der Waals surface area contributed by atoms with Crippen molar-refractivity contribution in [3.8, 4) is 11.5 Å². The van der Waals surface area contributed by atoms with Crippen molar-refractivity contribution in [1.82, 2.24) is 0 Å². The first-order chi connectivity index (χ1) is 16.0. The summed E-state index contributed by atoms with van der Waals surface area (Å²) in [6.45, 7) is 4.98. The van der Waals surface area contributed by atoms with E-state index < -0.39 is 17.1 Å². The van der Waals surface area contributed by atoms with E-state index in [1.807, 2.05) is 0 Å². The molecule has 1 spiro atoms. The number of likely N-dealkylation sites (tertiary alicyclic amines) is 1. The van der Waals surface area contributed by atoms with Gasteiger partial charge in [-0.3, -0.25) is 4.79 Å². The van der Waals surface area contributed by atoms with Gasteiger partial charge in [0.2, 0.25) is 0 Å². The van der Waals surface area contributed by atoms with E-state index in [4.69, 9.17) is 9.47 Å². The quantitative estimate of drug-likeness (QED) is 0.537. The van der Waals surface area contributed by atoms with Gasteiger partial charge < -0.3 is 19.1 Å². The van der Waals surface area contributed by atoms with Crippen molar-refractivity contribution < 1.29 is 23.9 Å². The molecule has 2 fully saturated rings. The molecule has 2 aromatic rings. The smallest absolute Gasteiger partial charge is 0.174 e. The number of rotatable bonds is 6. The number of quaternary nitrogens is 1. The largest absolute Gasteiger partial charge is 0.504 e. The number of nitrogens with zero attached hydrogens (tertiary/aromatic N) is 1. The second-order valence-corrected chi connectivity index (χ2v) is 10.7. The third-order valence-corrected chi connectivity index (χ3v) is 9.40. The Labute approximate surface area is 195 Å². The van der Waals surface area contributed by atoms with Crippen LogP contribution in [0, 0.1) is 0 Å². The molecule has 1 saturated carbocycles. The van der Waals surface area contributed by atoms with Crippen molar-refractivity contribution in [1.29, 1.82) is 0 Å². The molecule has 2 bridgehead atoms. The summed E-state index contributed by atoms with van der Waals surface area (Å²) in [6, 6.07) is 14.6. The van der Waals surface area contributed by atoms with Crippen LogP contribution in [0.3, 0.4) is 0 Å². The van der Waals surface area contributed by atoms with Crippen molar-refractivity contribution >= 4 is 5.78 Å². The molecule has 0 amide bonds. The summed E-state index contributed by atoms with van der Waals surface area (Å²) in [5.74, 6) is 0.851. The highest BCUT2D eigenvalue weighted by atomic mass is 16.5. The van der Waals surface area contributed by atoms with Crippen LogP contribution in [-0.2, 0) is 27.8 Å². The average molecular weight is 449 g/mol. The second-order valence-electron chi connectivity index (χ2n) is 10.7. The number of carbonyl (C=O) groups excluding carboxylic acids is 1. The van der Waals surface area contributed by atoms with Crippen molar-refractivity contribution in [2.75, 3.05) is 26.7 Å². The number of likely N-dealkylation sites (N-methyl/N-ethyl adjacent to an activating group) is 1. The molecule has 5 heteroatoms. The molecule has 5 nitrogen and oxygen atoms in total. The Morgan fingerprint density at radius 1 is 1.18 bits per heavy atom. The molecule has 33 heavy (non-hydrogen) atoms. The van der Waals surface area contributed by atoms with Crippen LogP contribution in [0.15, 0.2) is 42.5 Å². The fourth-order valence-corrected chi connectivity index (χ4v) is 7.64. The molecule has 1 saturated heterocycles. The predicted molar refractivity (Wildman–Crippen MR) is 126 cm³/mol. The lowest BCUT2D eigenvalue weighted by Crippen LogP contribution is -2.81. The van der Waals surface area contributed by atoms with Crippen LogP contribution in [0.4, 0.5) is 0 Å². The lowest BCUT2D eigenvalue weighted by molar-refractivity contribution is -0.947. The number of hydrogen-bond acceptors (Lipinski definition) is 4. The molecular weight excluding hydrogens is 414 g/mol. The van der Waals surface area contributed by atoms with Crippen LogP contribution >= 0.6 is 0 Å². The fourth-order valence-electron chi connectivity index (χ4n) is 7.64. The van der Waals surface area contributed by atoms with Crippen LogP contribution in [-0.4, -0.2) is 59.9 Å². The Balaban J connectivity index is 1.43. The zero-order chi connectivity index (χ0) is 22.8. The van der Waals surface area contributed by atoms with E-state index in [0.717, 1.165) is 55.2 Å². The molecule has 2 aromatic carbocycles. The van der Waals surface area contributed by atoms with Gasteiger partial charge >= 0.3 is 0 Å². The van der Waals surface area contributed by atoms with E-state index in [9.17, 15) is 9.90 Å². The topological polar surface area (TPSA) is 55.8 Å². The SMILES string of the molecule is CC[N@@+]1(C)CC[C@]23c4c5ccc(O)c4OC2C(=O)CCC3(OCCCc2ccccc2)C1C5. The molecule has 0 aromatic heterocycles. The summed E-state index contributed by atoms with van der Waals surface area (Å²) in [4.78, 5) is 13.3. The highest BCUT2D eigenvalue weighted by molar-refractivity contribution is 5.90. The zero-order valence-electron chi connectivity index (χ0n) is 19.7. The van der Waals surface area contributed by atoms with Gasteiger partial charge in [-0.05, 0) is 43.4 Å². The highest BCUT2D eigenvalue weighted by Gasteiger charge is 2.77. The molecule has 2 heterocycles. The molecule has 4 aliphatic rings. The van der Waals surface area contributed by atoms with E-state index >= 15 is 0 Å². The highest BCUT2D eigenvalue weighted by Crippen LogP contribution is 2.66. The number of ether oxygens (including phenoxy) is 2. The molecule has 6 rings (SSSR count). The Bertz CT molecular complexity index is 1100. The molecule has 2 aliphatic heterocycles. The van der Waals surface area contributed by atoms with E-state index in [1.165, 1.54) is 11.1 Å². The molecule has 174 valence electrons. The Morgan fingerprint density at radius 2 is 2.00 bits per heavy atom. The molecule has 1 N–H and O–H groups in total. The molecule has 2 aliphatic carbocycles. The van der Waals surface area contributed by atoms with Gasteiger partial charge in [0.05, 0.1) is 25.6 Å². The third kappa shape index (κ3) is 2.69. The van der Waals surface area contributed by atoms with Gasteiger partial charge in [0.15, 0.2) is 23.4 Å². The van der Waals surface area contributed by atoms with Gasteiger partial charge in [-0.2, -0.15) is 0 Å². The Hall–Kier alpha value is -2.37. The number of carbonyl (C=O) groups is 1. The summed E-state index contributed by atoms with van der Waals surface area (Å²) in [6.07, 6.45) is 4.36. The number of aryl methyl sites for hydroxylation is 1. The van der Waals surface area contributed by atoms with Crippen LogP contribution in [0.25, 0.3) is 0 Å². The van der Waals surface area contributed by atoms with Gasteiger partial charge in [0, 0.05) is 31.4 Å². The van der Waals surface area contributed by atoms with Gasteiger partial charge in [-0.25, -0.2) is 0 Å². The standard InChI is InChI=1S/C28H33NO4/c1-3-29(2)16-15-27-24-20-11-12-21(30)25(24)33-26(27)22(31)13-14-28(27,23(29)18-20)32-17-7-10-19-8-5-4-6-9-19/h4-6,8-9,11-12,23,26H,3,7,10,13-18H2,1-2H3/p+1/t23?,26?,27-,28?,29-/m0/s1. The van der Waals surface area contributed by atoms with Crippen molar-refractivity contribution in [3.63, 3.8) is 0 Å². The summed E-state index contributed by atoms with van der Waals surface area (Å²) >= 11 is 0. The van der Waals surface area contributed by atoms with Crippen molar-refractivity contribution in [2.24, 2.45) is 0 Å². The summed E-state index contributed by atoms with van der Waals surface area (Å²) in [7, 11) is 2.36. The number of phenols is 1. The predicted octanol–water partition coefficient (Wildman–Crippen LogP) is 3.94. The van der Waals surface area contributed by atoms with E-state index in [-0.39, 0.29) is 17.6 Å². The molecule has 5 atom stereocenters. The molecular formula is C28H34NO4+. The zero-order valence-corrected chi connectivity index (χ0v) is 19.7. The average Bonchev–Trinajstić information content (AvgIpc) is 3.20. The monoisotopic (exact) mass is 448 g/mol. The van der Waals surface area contributed by atoms with Crippen molar-refractivity contribution in [3.05, 3.63) is 59.2 Å². The molecule has 3 unspecified atom stereocenters. The van der Waals surface area contributed by atoms with Crippen LogP contribution in [0.1, 0.15) is 49.3 Å². The van der Waals surface area contributed by atoms with E-state index in [0.29, 0.717) is 18.8 Å². The van der Waals surface area contributed by atoms with Gasteiger partial charge in [-0.1, -0.05) is 36.4 Å². The Morgan fingerprint density at radius 3 is 2.79 bits per heavy atom. The van der Waals surface area contributed by atoms with Gasteiger partial charge in [0.1, 0.15) is 11.6 Å². The maximum atomic E-state index is 13.3. The van der Waals surface area contributed by atoms with Crippen LogP contribution in [0.2, 0.25) is 0 Å². The van der Waals surface area contributed by atoms with E-state index in [1.54, 1.807) is 6.07 Å². The van der Waals surface area contributed by atoms with E-state index in [2.05, 4.69) is 50.4 Å². The minimum absolute atomic E-state index is 0.153. The summed E-state index contributed by atoms with van der Waals surface area (Å²) < 4.78 is 14.4. The van der Waals surface area contributed by atoms with Crippen LogP contribution in [0.5, 0.6) is 11.5 Å². The third-order valence-electron chi connectivity index (χ3n) is 9.40. The maximum Gasteiger partial charge on any atom is 0.174 e. The first kappa shape index (κ1) is 21.2. The summed E-state index contributed by atoms with van der Waals surface area (Å²) in [5, 5.41) is 10.7.